The SMILES string of the molecule is CC[C@H](C)[C@H](NS(=O)(=O)c1cc(Br)c(Br)s1)C(=O)NC(Cc1cscn1)C(=O)NO. The molecule has 0 radical (unpaired) electrons. The molecule has 0 aromatic carbocycles. The quantitative estimate of drug-likeness (QED) is 0.243. The van der Waals surface area contributed by atoms with Crippen molar-refractivity contribution in [2.24, 2.45) is 5.92 Å². The summed E-state index contributed by atoms with van der Waals surface area (Å²) < 4.78 is 29.3. The molecule has 0 bridgehead atoms. The molecule has 0 spiro atoms. The molecule has 0 fully saturated rings. The van der Waals surface area contributed by atoms with Gasteiger partial charge in [0.1, 0.15) is 16.3 Å². The number of thiophene rings is 1. The molecule has 166 valence electrons. The number of aromatic nitrogens is 1. The third-order valence-corrected chi connectivity index (χ3v) is 10.1. The van der Waals surface area contributed by atoms with Crippen LogP contribution in [0.2, 0.25) is 0 Å². The first kappa shape index (κ1) is 25.4. The molecule has 2 amide bonds. The first-order valence-corrected chi connectivity index (χ1v) is 13.5. The van der Waals surface area contributed by atoms with E-state index in [1.54, 1.807) is 17.8 Å². The molecular weight excluding hydrogens is 584 g/mol. The smallest absolute Gasteiger partial charge is 0.266 e. The third-order valence-electron chi connectivity index (χ3n) is 4.30. The fourth-order valence-corrected chi connectivity index (χ4v) is 7.16. The third kappa shape index (κ3) is 6.55. The summed E-state index contributed by atoms with van der Waals surface area (Å²) in [5.74, 6) is -1.86. The Kier molecular flexibility index (Phi) is 9.39. The van der Waals surface area contributed by atoms with Gasteiger partial charge in [-0.3, -0.25) is 14.8 Å². The van der Waals surface area contributed by atoms with Crippen molar-refractivity contribution in [2.75, 3.05) is 0 Å². The van der Waals surface area contributed by atoms with Gasteiger partial charge < -0.3 is 5.32 Å². The maximum Gasteiger partial charge on any atom is 0.266 e. The number of halogens is 2. The molecule has 0 aliphatic heterocycles. The van der Waals surface area contributed by atoms with E-state index in [9.17, 15) is 18.0 Å². The van der Waals surface area contributed by atoms with Crippen molar-refractivity contribution < 1.29 is 23.2 Å². The maximum atomic E-state index is 13.0. The summed E-state index contributed by atoms with van der Waals surface area (Å²) in [6.07, 6.45) is 0.563. The second kappa shape index (κ2) is 11.1. The molecule has 14 heteroatoms. The van der Waals surface area contributed by atoms with Gasteiger partial charge >= 0.3 is 0 Å². The van der Waals surface area contributed by atoms with Crippen LogP contribution < -0.4 is 15.5 Å². The number of nitrogens with zero attached hydrogens (tertiary/aromatic N) is 1. The Labute approximate surface area is 198 Å². The highest BCUT2D eigenvalue weighted by Crippen LogP contribution is 2.35. The highest BCUT2D eigenvalue weighted by Gasteiger charge is 2.33. The number of hydrogen-bond acceptors (Lipinski definition) is 8. The highest BCUT2D eigenvalue weighted by atomic mass is 79.9. The van der Waals surface area contributed by atoms with Crippen LogP contribution in [0.3, 0.4) is 0 Å². The number of hydroxylamine groups is 1. The molecule has 0 aliphatic rings. The molecule has 30 heavy (non-hydrogen) atoms. The van der Waals surface area contributed by atoms with Crippen molar-refractivity contribution >= 4 is 76.4 Å². The second-order valence-electron chi connectivity index (χ2n) is 6.39. The van der Waals surface area contributed by atoms with E-state index >= 15 is 0 Å². The predicted molar refractivity (Wildman–Crippen MR) is 121 cm³/mol. The average Bonchev–Trinajstić information content (AvgIpc) is 3.34. The largest absolute Gasteiger partial charge is 0.342 e. The molecule has 1 unspecified atom stereocenters. The molecule has 0 saturated heterocycles. The lowest BCUT2D eigenvalue weighted by molar-refractivity contribution is -0.135. The summed E-state index contributed by atoms with van der Waals surface area (Å²) in [5.41, 5.74) is 3.66. The van der Waals surface area contributed by atoms with Gasteiger partial charge in [0, 0.05) is 16.3 Å². The standard InChI is InChI=1S/C16H20Br2N4O5S3/c1-3-8(2)13(22-30(26,27)12-5-10(17)14(18)29-12)16(24)20-11(15(23)21-25)4-9-6-28-7-19-9/h5-8,11,13,22,25H,3-4H2,1-2H3,(H,20,24)(H,21,23)/t8-,11?,13-/m0/s1. The van der Waals surface area contributed by atoms with Gasteiger partial charge in [-0.15, -0.1) is 22.7 Å². The van der Waals surface area contributed by atoms with Crippen LogP contribution in [0.4, 0.5) is 0 Å². The number of nitrogens with one attached hydrogen (secondary N) is 3. The van der Waals surface area contributed by atoms with E-state index in [0.29, 0.717) is 20.4 Å². The molecule has 9 nitrogen and oxygen atoms in total. The Bertz CT molecular complexity index is 962. The minimum absolute atomic E-state index is 0.0366. The molecule has 2 rings (SSSR count). The number of rotatable bonds is 10. The molecular formula is C16H20Br2N4O5S3. The molecule has 2 heterocycles. The van der Waals surface area contributed by atoms with Crippen LogP contribution in [0.1, 0.15) is 26.0 Å². The molecule has 4 N–H and O–H groups in total. The average molecular weight is 604 g/mol. The van der Waals surface area contributed by atoms with Crippen molar-refractivity contribution in [2.45, 2.75) is 43.0 Å². The highest BCUT2D eigenvalue weighted by molar-refractivity contribution is 9.13. The van der Waals surface area contributed by atoms with E-state index in [2.05, 4.69) is 46.9 Å². The maximum absolute atomic E-state index is 13.0. The first-order valence-electron chi connectivity index (χ1n) is 8.67. The molecule has 3 atom stereocenters. The van der Waals surface area contributed by atoms with Crippen LogP contribution in [0.5, 0.6) is 0 Å². The lowest BCUT2D eigenvalue weighted by Crippen LogP contribution is -2.55. The van der Waals surface area contributed by atoms with E-state index in [1.807, 2.05) is 6.92 Å². The van der Waals surface area contributed by atoms with E-state index in [1.165, 1.54) is 22.9 Å². The second-order valence-corrected chi connectivity index (χ2v) is 12.3. The molecule has 2 aromatic rings. The minimum Gasteiger partial charge on any atom is -0.342 e. The van der Waals surface area contributed by atoms with Crippen LogP contribution in [-0.2, 0) is 26.0 Å². The van der Waals surface area contributed by atoms with Gasteiger partial charge in [-0.2, -0.15) is 4.72 Å². The molecule has 2 aromatic heterocycles. The van der Waals surface area contributed by atoms with Crippen LogP contribution in [0, 0.1) is 5.92 Å². The number of hydrogen-bond donors (Lipinski definition) is 4. The lowest BCUT2D eigenvalue weighted by atomic mass is 9.99. The van der Waals surface area contributed by atoms with E-state index in [-0.39, 0.29) is 16.5 Å². The van der Waals surface area contributed by atoms with Gasteiger partial charge in [-0.05, 0) is 43.8 Å². The molecule has 0 aliphatic carbocycles. The van der Waals surface area contributed by atoms with Gasteiger partial charge in [0.15, 0.2) is 0 Å². The zero-order chi connectivity index (χ0) is 22.5. The zero-order valence-corrected chi connectivity index (χ0v) is 21.5. The molecule has 0 saturated carbocycles. The number of carbonyl (C=O) groups excluding carboxylic acids is 2. The van der Waals surface area contributed by atoms with Gasteiger partial charge in [-0.1, -0.05) is 20.3 Å². The van der Waals surface area contributed by atoms with Crippen molar-refractivity contribution in [3.8, 4) is 0 Å². The normalized spacial score (nSPS) is 14.7. The Hall–Kier alpha value is -0.900. The van der Waals surface area contributed by atoms with Gasteiger partial charge in [0.25, 0.3) is 15.9 Å². The summed E-state index contributed by atoms with van der Waals surface area (Å²) >= 11 is 8.84. The van der Waals surface area contributed by atoms with Gasteiger partial charge in [0.05, 0.1) is 15.0 Å². The van der Waals surface area contributed by atoms with E-state index < -0.39 is 33.9 Å². The monoisotopic (exact) mass is 602 g/mol. The summed E-state index contributed by atoms with van der Waals surface area (Å²) in [6, 6.07) is -0.804. The van der Waals surface area contributed by atoms with Crippen LogP contribution >= 0.6 is 54.5 Å². The van der Waals surface area contributed by atoms with E-state index in [0.717, 1.165) is 11.3 Å². The minimum atomic E-state index is -3.99. The van der Waals surface area contributed by atoms with Crippen molar-refractivity contribution in [1.82, 2.24) is 20.5 Å². The number of carbonyl (C=O) groups is 2. The van der Waals surface area contributed by atoms with Crippen molar-refractivity contribution in [1.29, 1.82) is 0 Å². The van der Waals surface area contributed by atoms with Crippen LogP contribution in [0.25, 0.3) is 0 Å². The van der Waals surface area contributed by atoms with Crippen LogP contribution in [0.15, 0.2) is 29.4 Å². The Morgan fingerprint density at radius 3 is 2.50 bits per heavy atom. The first-order chi connectivity index (χ1) is 14.1. The van der Waals surface area contributed by atoms with Gasteiger partial charge in [0.2, 0.25) is 5.91 Å². The van der Waals surface area contributed by atoms with Gasteiger partial charge in [-0.25, -0.2) is 18.9 Å². The Balaban J connectivity index is 2.24. The number of thiazole rings is 1. The Morgan fingerprint density at radius 2 is 2.00 bits per heavy atom. The summed E-state index contributed by atoms with van der Waals surface area (Å²) in [6.45, 7) is 3.55. The summed E-state index contributed by atoms with van der Waals surface area (Å²) in [7, 11) is -3.99. The number of amides is 2. The topological polar surface area (TPSA) is 137 Å². The predicted octanol–water partition coefficient (Wildman–Crippen LogP) is 2.66. The van der Waals surface area contributed by atoms with Crippen molar-refractivity contribution in [3.63, 3.8) is 0 Å². The van der Waals surface area contributed by atoms with Crippen molar-refractivity contribution in [3.05, 3.63) is 30.9 Å². The Morgan fingerprint density at radius 1 is 1.30 bits per heavy atom. The summed E-state index contributed by atoms with van der Waals surface area (Å²) in [4.78, 5) is 29.1. The fourth-order valence-electron chi connectivity index (χ4n) is 2.44. The fraction of sp³-hybridized carbons (Fsp3) is 0.438. The zero-order valence-electron chi connectivity index (χ0n) is 15.9. The number of sulfonamides is 1. The van der Waals surface area contributed by atoms with E-state index in [4.69, 9.17) is 5.21 Å². The lowest BCUT2D eigenvalue weighted by Gasteiger charge is -2.25. The summed E-state index contributed by atoms with van der Waals surface area (Å²) in [5, 5.41) is 13.3. The van der Waals surface area contributed by atoms with Crippen LogP contribution in [-0.4, -0.2) is 42.5 Å².